The van der Waals surface area contributed by atoms with Crippen molar-refractivity contribution in [3.63, 3.8) is 0 Å². The Balaban J connectivity index is 1.89. The number of benzene rings is 2. The Kier molecular flexibility index (Phi) is 6.67. The molecular formula is C20H27N3O. The van der Waals surface area contributed by atoms with Crippen LogP contribution in [0.25, 0.3) is 0 Å². The number of methoxy groups -OCH3 is 1. The number of hydrogen-bond acceptors (Lipinski definition) is 2. The molecule has 4 heteroatoms. The van der Waals surface area contributed by atoms with Crippen LogP contribution < -0.4 is 15.4 Å². The van der Waals surface area contributed by atoms with E-state index in [0.717, 1.165) is 24.8 Å². The maximum atomic E-state index is 5.44. The van der Waals surface area contributed by atoms with Crippen molar-refractivity contribution in [1.82, 2.24) is 10.6 Å². The Labute approximate surface area is 145 Å². The van der Waals surface area contributed by atoms with Crippen LogP contribution in [0.15, 0.2) is 53.5 Å². The molecule has 0 aromatic heterocycles. The average Bonchev–Trinajstić information content (AvgIpc) is 2.61. The molecular weight excluding hydrogens is 298 g/mol. The third-order valence-electron chi connectivity index (χ3n) is 4.01. The zero-order valence-electron chi connectivity index (χ0n) is 15.0. The summed E-state index contributed by atoms with van der Waals surface area (Å²) in [4.78, 5) is 4.30. The van der Waals surface area contributed by atoms with Crippen LogP contribution in [0.2, 0.25) is 0 Å². The summed E-state index contributed by atoms with van der Waals surface area (Å²) in [6.07, 6.45) is 0. The minimum atomic E-state index is 0.318. The Hall–Kier alpha value is -2.49. The van der Waals surface area contributed by atoms with Crippen molar-refractivity contribution in [2.45, 2.75) is 26.3 Å². The lowest BCUT2D eigenvalue weighted by molar-refractivity contribution is 0.406. The van der Waals surface area contributed by atoms with Gasteiger partial charge in [0, 0.05) is 26.1 Å². The van der Waals surface area contributed by atoms with Crippen molar-refractivity contribution in [2.24, 2.45) is 4.99 Å². The fraction of sp³-hybridized carbons (Fsp3) is 0.350. The second-order valence-corrected chi connectivity index (χ2v) is 5.94. The molecule has 0 fully saturated rings. The van der Waals surface area contributed by atoms with E-state index in [1.165, 1.54) is 16.7 Å². The predicted molar refractivity (Wildman–Crippen MR) is 101 cm³/mol. The zero-order valence-corrected chi connectivity index (χ0v) is 15.0. The quantitative estimate of drug-likeness (QED) is 0.631. The van der Waals surface area contributed by atoms with Crippen molar-refractivity contribution in [2.75, 3.05) is 20.7 Å². The second kappa shape index (κ2) is 8.96. The first-order valence-electron chi connectivity index (χ1n) is 8.27. The first kappa shape index (κ1) is 17.9. The molecule has 0 aliphatic carbocycles. The Morgan fingerprint density at radius 1 is 1.12 bits per heavy atom. The topological polar surface area (TPSA) is 45.7 Å². The number of aliphatic imine (C=N–C) groups is 1. The number of ether oxygens (including phenoxy) is 1. The predicted octanol–water partition coefficient (Wildman–Crippen LogP) is 3.47. The van der Waals surface area contributed by atoms with E-state index in [1.54, 1.807) is 14.2 Å². The standard InChI is InChI=1S/C20H27N3O/c1-15-8-7-9-17(12-15)14-23-20(21-3)22-13-16(2)18-10-5-6-11-19(18)24-4/h5-12,16H,13-14H2,1-4H3,(H2,21,22,23). The maximum Gasteiger partial charge on any atom is 0.191 e. The van der Waals surface area contributed by atoms with Crippen molar-refractivity contribution < 1.29 is 4.74 Å². The molecule has 0 saturated carbocycles. The summed E-state index contributed by atoms with van der Waals surface area (Å²) in [6, 6.07) is 16.6. The molecule has 0 heterocycles. The summed E-state index contributed by atoms with van der Waals surface area (Å²) in [6.45, 7) is 5.82. The SMILES string of the molecule is CN=C(NCc1cccc(C)c1)NCC(C)c1ccccc1OC. The number of para-hydroxylation sites is 1. The summed E-state index contributed by atoms with van der Waals surface area (Å²) >= 11 is 0. The first-order chi connectivity index (χ1) is 11.6. The van der Waals surface area contributed by atoms with Crippen molar-refractivity contribution in [3.8, 4) is 5.75 Å². The van der Waals surface area contributed by atoms with Crippen LogP contribution in [0, 0.1) is 6.92 Å². The Morgan fingerprint density at radius 2 is 1.92 bits per heavy atom. The molecule has 0 bridgehead atoms. The fourth-order valence-corrected chi connectivity index (χ4v) is 2.66. The molecule has 1 unspecified atom stereocenters. The van der Waals surface area contributed by atoms with Gasteiger partial charge in [-0.05, 0) is 24.1 Å². The van der Waals surface area contributed by atoms with Gasteiger partial charge in [0.1, 0.15) is 5.75 Å². The van der Waals surface area contributed by atoms with Gasteiger partial charge < -0.3 is 15.4 Å². The van der Waals surface area contributed by atoms with Gasteiger partial charge in [-0.25, -0.2) is 0 Å². The van der Waals surface area contributed by atoms with Gasteiger partial charge in [0.25, 0.3) is 0 Å². The average molecular weight is 325 g/mol. The molecule has 2 aromatic carbocycles. The highest BCUT2D eigenvalue weighted by Crippen LogP contribution is 2.25. The van der Waals surface area contributed by atoms with Crippen molar-refractivity contribution in [1.29, 1.82) is 0 Å². The highest BCUT2D eigenvalue weighted by molar-refractivity contribution is 5.79. The number of aryl methyl sites for hydroxylation is 1. The molecule has 0 saturated heterocycles. The Morgan fingerprint density at radius 3 is 2.62 bits per heavy atom. The molecule has 2 rings (SSSR count). The van der Waals surface area contributed by atoms with Gasteiger partial charge in [0.2, 0.25) is 0 Å². The summed E-state index contributed by atoms with van der Waals surface area (Å²) < 4.78 is 5.44. The van der Waals surface area contributed by atoms with E-state index >= 15 is 0 Å². The van der Waals surface area contributed by atoms with Crippen molar-refractivity contribution in [3.05, 3.63) is 65.2 Å². The molecule has 0 radical (unpaired) electrons. The van der Waals surface area contributed by atoms with Crippen LogP contribution in [0.1, 0.15) is 29.5 Å². The fourth-order valence-electron chi connectivity index (χ4n) is 2.66. The monoisotopic (exact) mass is 325 g/mol. The lowest BCUT2D eigenvalue weighted by Gasteiger charge is -2.18. The van der Waals surface area contributed by atoms with Crippen LogP contribution in [0.5, 0.6) is 5.75 Å². The second-order valence-electron chi connectivity index (χ2n) is 5.94. The van der Waals surface area contributed by atoms with Crippen molar-refractivity contribution >= 4 is 5.96 Å². The van der Waals surface area contributed by atoms with Crippen LogP contribution in [0.3, 0.4) is 0 Å². The van der Waals surface area contributed by atoms with E-state index in [9.17, 15) is 0 Å². The molecule has 4 nitrogen and oxygen atoms in total. The molecule has 0 aliphatic rings. The molecule has 1 atom stereocenters. The first-order valence-corrected chi connectivity index (χ1v) is 8.27. The van der Waals surface area contributed by atoms with Gasteiger partial charge in [-0.2, -0.15) is 0 Å². The number of nitrogens with zero attached hydrogens (tertiary/aromatic N) is 1. The van der Waals surface area contributed by atoms with Gasteiger partial charge in [-0.1, -0.05) is 55.0 Å². The van der Waals surface area contributed by atoms with E-state index in [2.05, 4.69) is 59.8 Å². The highest BCUT2D eigenvalue weighted by atomic mass is 16.5. The summed E-state index contributed by atoms with van der Waals surface area (Å²) in [7, 11) is 3.50. The minimum absolute atomic E-state index is 0.318. The van der Waals surface area contributed by atoms with E-state index in [-0.39, 0.29) is 0 Å². The summed E-state index contributed by atoms with van der Waals surface area (Å²) in [5.41, 5.74) is 3.71. The minimum Gasteiger partial charge on any atom is -0.496 e. The molecule has 2 N–H and O–H groups in total. The normalized spacial score (nSPS) is 12.6. The molecule has 0 aliphatic heterocycles. The lowest BCUT2D eigenvalue weighted by Crippen LogP contribution is -2.38. The third-order valence-corrected chi connectivity index (χ3v) is 4.01. The molecule has 128 valence electrons. The van der Waals surface area contributed by atoms with E-state index < -0.39 is 0 Å². The van der Waals surface area contributed by atoms with Crippen LogP contribution in [0.4, 0.5) is 0 Å². The molecule has 2 aromatic rings. The highest BCUT2D eigenvalue weighted by Gasteiger charge is 2.11. The molecule has 24 heavy (non-hydrogen) atoms. The number of nitrogens with one attached hydrogen (secondary N) is 2. The third kappa shape index (κ3) is 5.01. The van der Waals surface area contributed by atoms with Gasteiger partial charge in [0.05, 0.1) is 7.11 Å². The Bertz CT molecular complexity index is 682. The van der Waals surface area contributed by atoms with Gasteiger partial charge in [-0.15, -0.1) is 0 Å². The van der Waals surface area contributed by atoms with E-state index in [4.69, 9.17) is 4.74 Å². The van der Waals surface area contributed by atoms with Gasteiger partial charge >= 0.3 is 0 Å². The number of hydrogen-bond donors (Lipinski definition) is 2. The van der Waals surface area contributed by atoms with Crippen LogP contribution in [-0.2, 0) is 6.54 Å². The number of guanidine groups is 1. The van der Waals surface area contributed by atoms with Crippen LogP contribution in [-0.4, -0.2) is 26.7 Å². The molecule has 0 spiro atoms. The van der Waals surface area contributed by atoms with Crippen LogP contribution >= 0.6 is 0 Å². The number of rotatable bonds is 6. The summed E-state index contributed by atoms with van der Waals surface area (Å²) in [5, 5.41) is 6.74. The van der Waals surface area contributed by atoms with Gasteiger partial charge in [-0.3, -0.25) is 4.99 Å². The molecule has 0 amide bonds. The van der Waals surface area contributed by atoms with E-state index in [0.29, 0.717) is 5.92 Å². The summed E-state index contributed by atoms with van der Waals surface area (Å²) in [5.74, 6) is 2.05. The van der Waals surface area contributed by atoms with Gasteiger partial charge in [0.15, 0.2) is 5.96 Å². The smallest absolute Gasteiger partial charge is 0.191 e. The van der Waals surface area contributed by atoms with E-state index in [1.807, 2.05) is 18.2 Å². The lowest BCUT2D eigenvalue weighted by atomic mass is 10.0. The zero-order chi connectivity index (χ0) is 17.4. The maximum absolute atomic E-state index is 5.44. The largest absolute Gasteiger partial charge is 0.496 e.